The molecule has 1 aliphatic heterocycles. The summed E-state index contributed by atoms with van der Waals surface area (Å²) in [7, 11) is -3.65. The lowest BCUT2D eigenvalue weighted by atomic mass is 10.3. The van der Waals surface area contributed by atoms with Gasteiger partial charge in [0.2, 0.25) is 10.0 Å². The first-order chi connectivity index (χ1) is 13.5. The summed E-state index contributed by atoms with van der Waals surface area (Å²) in [5.74, 6) is 0.933. The Bertz CT molecular complexity index is 779. The Morgan fingerprint density at radius 1 is 1.21 bits per heavy atom. The molecule has 6 heteroatoms. The molecule has 0 aromatic heterocycles. The second-order valence-corrected chi connectivity index (χ2v) is 8.67. The normalized spacial score (nSPS) is 16.2. The van der Waals surface area contributed by atoms with Crippen molar-refractivity contribution in [3.8, 4) is 5.75 Å². The summed E-state index contributed by atoms with van der Waals surface area (Å²) in [5, 5.41) is 0. The second kappa shape index (κ2) is 11.1. The molecule has 0 spiro atoms. The number of benzene rings is 1. The summed E-state index contributed by atoms with van der Waals surface area (Å²) < 4.78 is 34.2. The van der Waals surface area contributed by atoms with Gasteiger partial charge in [0, 0.05) is 32.4 Å². The minimum absolute atomic E-state index is 0.156. The first-order valence-electron chi connectivity index (χ1n) is 10.0. The third kappa shape index (κ3) is 5.97. The number of rotatable bonds is 11. The molecular formula is C22H32N2O3S. The fourth-order valence-corrected chi connectivity index (χ4v) is 4.70. The highest BCUT2D eigenvalue weighted by Gasteiger charge is 2.32. The van der Waals surface area contributed by atoms with Gasteiger partial charge in [-0.05, 0) is 44.4 Å². The molecule has 0 N–H and O–H groups in total. The van der Waals surface area contributed by atoms with Crippen molar-refractivity contribution >= 4 is 10.0 Å². The molecule has 0 saturated carbocycles. The molecule has 154 valence electrons. The Hall–Kier alpha value is -2.05. The van der Waals surface area contributed by atoms with E-state index in [1.165, 1.54) is 16.5 Å². The maximum Gasteiger partial charge on any atom is 0.246 e. The molecule has 1 aromatic rings. The smallest absolute Gasteiger partial charge is 0.246 e. The van der Waals surface area contributed by atoms with Gasteiger partial charge in [-0.25, -0.2) is 8.42 Å². The van der Waals surface area contributed by atoms with Crippen LogP contribution in [0.5, 0.6) is 5.75 Å². The largest absolute Gasteiger partial charge is 0.454 e. The van der Waals surface area contributed by atoms with Gasteiger partial charge in [-0.3, -0.25) is 0 Å². The molecule has 1 heterocycles. The number of ether oxygens (including phenoxy) is 1. The van der Waals surface area contributed by atoms with Crippen molar-refractivity contribution in [1.29, 1.82) is 0 Å². The van der Waals surface area contributed by atoms with Crippen LogP contribution in [0.25, 0.3) is 0 Å². The molecule has 1 aliphatic rings. The van der Waals surface area contributed by atoms with E-state index < -0.39 is 10.0 Å². The summed E-state index contributed by atoms with van der Waals surface area (Å²) >= 11 is 0. The van der Waals surface area contributed by atoms with Gasteiger partial charge in [0.05, 0.1) is 0 Å². The van der Waals surface area contributed by atoms with E-state index in [0.29, 0.717) is 24.6 Å². The van der Waals surface area contributed by atoms with Crippen LogP contribution in [-0.2, 0) is 10.0 Å². The van der Waals surface area contributed by atoms with Crippen molar-refractivity contribution in [1.82, 2.24) is 9.21 Å². The lowest BCUT2D eigenvalue weighted by molar-refractivity contribution is 0.354. The number of allylic oxidation sites excluding steroid dienone is 2. The van der Waals surface area contributed by atoms with Crippen LogP contribution in [0.2, 0.25) is 0 Å². The lowest BCUT2D eigenvalue weighted by Gasteiger charge is -2.23. The van der Waals surface area contributed by atoms with E-state index in [4.69, 9.17) is 4.74 Å². The molecule has 2 rings (SSSR count). The van der Waals surface area contributed by atoms with Crippen molar-refractivity contribution in [3.05, 3.63) is 65.9 Å². The highest BCUT2D eigenvalue weighted by molar-refractivity contribution is 7.93. The summed E-state index contributed by atoms with van der Waals surface area (Å²) in [4.78, 5) is 2.25. The van der Waals surface area contributed by atoms with E-state index in [0.717, 1.165) is 38.8 Å². The molecule has 0 atom stereocenters. The number of hydrogen-bond donors (Lipinski definition) is 0. The maximum atomic E-state index is 13.3. The van der Waals surface area contributed by atoms with Gasteiger partial charge in [-0.2, -0.15) is 4.31 Å². The predicted molar refractivity (Wildman–Crippen MR) is 115 cm³/mol. The Kier molecular flexibility index (Phi) is 8.80. The Labute approximate surface area is 170 Å². The van der Waals surface area contributed by atoms with Crippen molar-refractivity contribution in [2.75, 3.05) is 26.2 Å². The first kappa shape index (κ1) is 22.2. The molecular weight excluding hydrogens is 372 g/mol. The number of nitrogens with zero attached hydrogens (tertiary/aromatic N) is 2. The molecule has 1 aromatic carbocycles. The van der Waals surface area contributed by atoms with Crippen LogP contribution in [0.4, 0.5) is 0 Å². The topological polar surface area (TPSA) is 49.9 Å². The van der Waals surface area contributed by atoms with Crippen LogP contribution in [0, 0.1) is 0 Å². The van der Waals surface area contributed by atoms with Crippen LogP contribution in [-0.4, -0.2) is 43.8 Å². The highest BCUT2D eigenvalue weighted by Crippen LogP contribution is 2.28. The van der Waals surface area contributed by atoms with Crippen LogP contribution < -0.4 is 4.74 Å². The second-order valence-electron chi connectivity index (χ2n) is 6.77. The molecule has 1 fully saturated rings. The standard InChI is InChI=1S/C22H32N2O3S/c1-4-7-16-23(6-3)19-21(27-20-14-9-8-10-15-20)22(13-5-2)28(25,26)24-17-11-12-18-24/h5,8-10,13-15,19H,2,4,6-7,11-12,16-18H2,1,3H3/b21-19-,22-13+. The van der Waals surface area contributed by atoms with Crippen LogP contribution in [0.15, 0.2) is 65.9 Å². The number of sulfonamides is 1. The van der Waals surface area contributed by atoms with Gasteiger partial charge < -0.3 is 9.64 Å². The average Bonchev–Trinajstić information content (AvgIpc) is 3.25. The Morgan fingerprint density at radius 3 is 2.46 bits per heavy atom. The van der Waals surface area contributed by atoms with Gasteiger partial charge >= 0.3 is 0 Å². The van der Waals surface area contributed by atoms with Crippen molar-refractivity contribution in [2.45, 2.75) is 39.5 Å². The SMILES string of the molecule is C=C/C=C(\C(=C\N(CC)CCCC)Oc1ccccc1)S(=O)(=O)N1CCCC1. The summed E-state index contributed by atoms with van der Waals surface area (Å²) in [6.07, 6.45) is 8.74. The predicted octanol–water partition coefficient (Wildman–Crippen LogP) is 4.52. The van der Waals surface area contributed by atoms with Gasteiger partial charge in [0.15, 0.2) is 5.76 Å². The highest BCUT2D eigenvalue weighted by atomic mass is 32.2. The lowest BCUT2D eigenvalue weighted by Crippen LogP contribution is -2.31. The zero-order valence-corrected chi connectivity index (χ0v) is 17.8. The molecule has 0 unspecified atom stereocenters. The zero-order chi connectivity index (χ0) is 20.4. The van der Waals surface area contributed by atoms with Gasteiger partial charge in [-0.1, -0.05) is 44.2 Å². The van der Waals surface area contributed by atoms with Crippen LogP contribution >= 0.6 is 0 Å². The van der Waals surface area contributed by atoms with Gasteiger partial charge in [0.1, 0.15) is 10.7 Å². The molecule has 5 nitrogen and oxygen atoms in total. The number of hydrogen-bond acceptors (Lipinski definition) is 4. The molecule has 0 radical (unpaired) electrons. The monoisotopic (exact) mass is 404 g/mol. The number of unbranched alkanes of at least 4 members (excludes halogenated alkanes) is 1. The van der Waals surface area contributed by atoms with Crippen LogP contribution in [0.3, 0.4) is 0 Å². The average molecular weight is 405 g/mol. The third-order valence-electron chi connectivity index (χ3n) is 4.67. The van der Waals surface area contributed by atoms with Gasteiger partial charge in [-0.15, -0.1) is 0 Å². The van der Waals surface area contributed by atoms with Crippen molar-refractivity contribution < 1.29 is 13.2 Å². The third-order valence-corrected chi connectivity index (χ3v) is 6.61. The van der Waals surface area contributed by atoms with Crippen molar-refractivity contribution in [2.24, 2.45) is 0 Å². The van der Waals surface area contributed by atoms with Gasteiger partial charge in [0.25, 0.3) is 0 Å². The first-order valence-corrected chi connectivity index (χ1v) is 11.5. The van der Waals surface area contributed by atoms with E-state index in [1.54, 1.807) is 0 Å². The molecule has 1 saturated heterocycles. The van der Waals surface area contributed by atoms with E-state index in [2.05, 4.69) is 25.3 Å². The fraction of sp³-hybridized carbons (Fsp3) is 0.455. The fourth-order valence-electron chi connectivity index (χ4n) is 3.07. The van der Waals surface area contributed by atoms with E-state index >= 15 is 0 Å². The van der Waals surface area contributed by atoms with E-state index in [-0.39, 0.29) is 4.91 Å². The Morgan fingerprint density at radius 2 is 1.89 bits per heavy atom. The van der Waals surface area contributed by atoms with Crippen LogP contribution in [0.1, 0.15) is 39.5 Å². The molecule has 0 bridgehead atoms. The Balaban J connectivity index is 2.46. The molecule has 28 heavy (non-hydrogen) atoms. The molecule has 0 aliphatic carbocycles. The summed E-state index contributed by atoms with van der Waals surface area (Å²) in [5.41, 5.74) is 0. The van der Waals surface area contributed by atoms with E-state index in [1.807, 2.05) is 36.5 Å². The quantitative estimate of drug-likeness (QED) is 0.402. The number of para-hydroxylation sites is 1. The van der Waals surface area contributed by atoms with E-state index in [9.17, 15) is 8.42 Å². The minimum atomic E-state index is -3.65. The summed E-state index contributed by atoms with van der Waals surface area (Å²) in [6, 6.07) is 9.28. The van der Waals surface area contributed by atoms with Crippen molar-refractivity contribution in [3.63, 3.8) is 0 Å². The molecule has 0 amide bonds. The minimum Gasteiger partial charge on any atom is -0.454 e. The summed E-state index contributed by atoms with van der Waals surface area (Å²) in [6.45, 7) is 10.6. The zero-order valence-electron chi connectivity index (χ0n) is 17.0. The maximum absolute atomic E-state index is 13.3.